The quantitative estimate of drug-likeness (QED) is 0.435. The number of sulfonamides is 1. The molecule has 0 fully saturated rings. The van der Waals surface area contributed by atoms with Crippen LogP contribution in [0, 0.1) is 6.92 Å². The van der Waals surface area contributed by atoms with Gasteiger partial charge < -0.3 is 4.98 Å². The molecule has 0 aliphatic heterocycles. The molecule has 4 rings (SSSR count). The van der Waals surface area contributed by atoms with E-state index in [9.17, 15) is 13.2 Å². The van der Waals surface area contributed by atoms with Gasteiger partial charge in [0.25, 0.3) is 5.56 Å². The van der Waals surface area contributed by atoms with Gasteiger partial charge in [0.1, 0.15) is 0 Å². The highest BCUT2D eigenvalue weighted by molar-refractivity contribution is 7.92. The summed E-state index contributed by atoms with van der Waals surface area (Å²) in [6.45, 7) is 8.26. The Hall–Kier alpha value is -3.45. The number of anilines is 1. The zero-order valence-electron chi connectivity index (χ0n) is 19.4. The first-order valence-electron chi connectivity index (χ1n) is 10.6. The smallest absolute Gasteiger partial charge is 0.256 e. The largest absolute Gasteiger partial charge is 0.326 e. The highest BCUT2D eigenvalue weighted by Gasteiger charge is 2.20. The standard InChI is InChI=1S/C26H27N3O3S/c1-16-6-11-22(25(30)28-16)18-12-19-13-20(15-27-24(19)23(14-18)26(2,3)4)17-7-9-21(10-8-17)29-33(5,31)32/h6-15,29H,1-5H3,(H,28,30). The molecule has 0 amide bonds. The van der Waals surface area contributed by atoms with Crippen molar-refractivity contribution in [2.45, 2.75) is 33.1 Å². The lowest BCUT2D eigenvalue weighted by atomic mass is 9.83. The maximum absolute atomic E-state index is 12.6. The van der Waals surface area contributed by atoms with Gasteiger partial charge in [-0.15, -0.1) is 0 Å². The van der Waals surface area contributed by atoms with E-state index in [4.69, 9.17) is 4.98 Å². The van der Waals surface area contributed by atoms with Crippen molar-refractivity contribution in [1.29, 1.82) is 0 Å². The molecule has 0 spiro atoms. The first kappa shape index (κ1) is 22.7. The van der Waals surface area contributed by atoms with Gasteiger partial charge in [0.15, 0.2) is 0 Å². The van der Waals surface area contributed by atoms with Crippen molar-refractivity contribution in [3.05, 3.63) is 82.4 Å². The van der Waals surface area contributed by atoms with E-state index in [1.54, 1.807) is 12.1 Å². The van der Waals surface area contributed by atoms with Crippen molar-refractivity contribution in [3.8, 4) is 22.3 Å². The minimum atomic E-state index is -3.33. The summed E-state index contributed by atoms with van der Waals surface area (Å²) < 4.78 is 25.4. The van der Waals surface area contributed by atoms with E-state index in [2.05, 4.69) is 42.6 Å². The number of rotatable bonds is 4. The summed E-state index contributed by atoms with van der Waals surface area (Å²) in [7, 11) is -3.33. The molecule has 2 N–H and O–H groups in total. The van der Waals surface area contributed by atoms with E-state index in [-0.39, 0.29) is 11.0 Å². The molecule has 0 saturated heterocycles. The molecule has 0 radical (unpaired) electrons. The fraction of sp³-hybridized carbons (Fsp3) is 0.231. The maximum atomic E-state index is 12.6. The number of aryl methyl sites for hydroxylation is 1. The van der Waals surface area contributed by atoms with Crippen molar-refractivity contribution in [1.82, 2.24) is 9.97 Å². The number of aromatic amines is 1. The number of hydrogen-bond donors (Lipinski definition) is 2. The molecule has 2 aromatic heterocycles. The van der Waals surface area contributed by atoms with Crippen molar-refractivity contribution in [2.75, 3.05) is 11.0 Å². The molecule has 0 atom stereocenters. The first-order valence-corrected chi connectivity index (χ1v) is 12.5. The number of nitrogens with zero attached hydrogens (tertiary/aromatic N) is 1. The SMILES string of the molecule is Cc1ccc(-c2cc(C(C)(C)C)c3ncc(-c4ccc(NS(C)(=O)=O)cc4)cc3c2)c(=O)[nH]1. The predicted octanol–water partition coefficient (Wildman–Crippen LogP) is 5.23. The third-order valence-electron chi connectivity index (χ3n) is 5.48. The molecule has 7 heteroatoms. The molecule has 0 saturated carbocycles. The van der Waals surface area contributed by atoms with E-state index in [1.165, 1.54) is 0 Å². The van der Waals surface area contributed by atoms with Crippen LogP contribution < -0.4 is 10.3 Å². The number of hydrogen-bond acceptors (Lipinski definition) is 4. The average Bonchev–Trinajstić information content (AvgIpc) is 2.71. The number of benzene rings is 2. The number of aromatic nitrogens is 2. The molecule has 2 heterocycles. The van der Waals surface area contributed by atoms with E-state index >= 15 is 0 Å². The molecule has 0 aliphatic rings. The van der Waals surface area contributed by atoms with Crippen LogP contribution in [-0.4, -0.2) is 24.6 Å². The molecule has 0 bridgehead atoms. The number of fused-ring (bicyclic) bond motifs is 1. The van der Waals surface area contributed by atoms with Gasteiger partial charge in [-0.25, -0.2) is 8.42 Å². The van der Waals surface area contributed by atoms with E-state index in [0.29, 0.717) is 11.3 Å². The fourth-order valence-corrected chi connectivity index (χ4v) is 4.44. The lowest BCUT2D eigenvalue weighted by Crippen LogP contribution is -2.14. The van der Waals surface area contributed by atoms with Gasteiger partial charge in [-0.2, -0.15) is 0 Å². The molecule has 4 aromatic rings. The van der Waals surface area contributed by atoms with Crippen molar-refractivity contribution in [2.24, 2.45) is 0 Å². The molecule has 2 aromatic carbocycles. The molecular formula is C26H27N3O3S. The summed E-state index contributed by atoms with van der Waals surface area (Å²) in [5.74, 6) is 0. The average molecular weight is 462 g/mol. The van der Waals surface area contributed by atoms with Crippen LogP contribution in [0.4, 0.5) is 5.69 Å². The maximum Gasteiger partial charge on any atom is 0.256 e. The summed E-state index contributed by atoms with van der Waals surface area (Å²) in [4.78, 5) is 20.3. The monoisotopic (exact) mass is 461 g/mol. The number of pyridine rings is 2. The van der Waals surface area contributed by atoms with Gasteiger partial charge in [-0.1, -0.05) is 32.9 Å². The predicted molar refractivity (Wildman–Crippen MR) is 135 cm³/mol. The van der Waals surface area contributed by atoms with Crippen LogP contribution in [0.25, 0.3) is 33.2 Å². The Morgan fingerprint density at radius 3 is 2.18 bits per heavy atom. The number of H-pyrrole nitrogens is 1. The van der Waals surface area contributed by atoms with Gasteiger partial charge in [0.2, 0.25) is 10.0 Å². The second-order valence-electron chi connectivity index (χ2n) is 9.41. The Kier molecular flexibility index (Phi) is 5.62. The summed E-state index contributed by atoms with van der Waals surface area (Å²) in [6.07, 6.45) is 2.95. The molecule has 6 nitrogen and oxygen atoms in total. The van der Waals surface area contributed by atoms with Crippen LogP contribution in [0.2, 0.25) is 0 Å². The Bertz CT molecular complexity index is 1510. The summed E-state index contributed by atoms with van der Waals surface area (Å²) in [6, 6.07) is 17.0. The minimum absolute atomic E-state index is 0.118. The number of nitrogens with one attached hydrogen (secondary N) is 2. The van der Waals surface area contributed by atoms with Gasteiger partial charge in [-0.3, -0.25) is 14.5 Å². The van der Waals surface area contributed by atoms with Crippen molar-refractivity contribution < 1.29 is 8.42 Å². The lowest BCUT2D eigenvalue weighted by Gasteiger charge is -2.22. The second kappa shape index (κ2) is 8.15. The lowest BCUT2D eigenvalue weighted by molar-refractivity contribution is 0.595. The normalized spacial score (nSPS) is 12.2. The molecule has 0 aliphatic carbocycles. The summed E-state index contributed by atoms with van der Waals surface area (Å²) in [5.41, 5.74) is 6.29. The van der Waals surface area contributed by atoms with Crippen LogP contribution in [0.5, 0.6) is 0 Å². The Balaban J connectivity index is 1.86. The zero-order valence-corrected chi connectivity index (χ0v) is 20.2. The Morgan fingerprint density at radius 1 is 0.909 bits per heavy atom. The van der Waals surface area contributed by atoms with Gasteiger partial charge in [-0.05, 0) is 71.5 Å². The Morgan fingerprint density at radius 2 is 1.58 bits per heavy atom. The minimum Gasteiger partial charge on any atom is -0.326 e. The molecule has 0 unspecified atom stereocenters. The topological polar surface area (TPSA) is 91.9 Å². The zero-order chi connectivity index (χ0) is 24.0. The van der Waals surface area contributed by atoms with Crippen LogP contribution in [0.3, 0.4) is 0 Å². The first-order chi connectivity index (χ1) is 15.4. The van der Waals surface area contributed by atoms with Crippen molar-refractivity contribution in [3.63, 3.8) is 0 Å². The highest BCUT2D eigenvalue weighted by Crippen LogP contribution is 2.35. The van der Waals surface area contributed by atoms with Crippen molar-refractivity contribution >= 4 is 26.6 Å². The van der Waals surface area contributed by atoms with E-state index in [1.807, 2.05) is 43.5 Å². The highest BCUT2D eigenvalue weighted by atomic mass is 32.2. The van der Waals surface area contributed by atoms with E-state index in [0.717, 1.165) is 45.1 Å². The van der Waals surface area contributed by atoms with Crippen LogP contribution in [0.15, 0.2) is 65.6 Å². The summed E-state index contributed by atoms with van der Waals surface area (Å²) >= 11 is 0. The third kappa shape index (κ3) is 4.98. The van der Waals surface area contributed by atoms with Gasteiger partial charge >= 0.3 is 0 Å². The third-order valence-corrected chi connectivity index (χ3v) is 6.09. The van der Waals surface area contributed by atoms with Gasteiger partial charge in [0, 0.05) is 34.1 Å². The Labute approximate surface area is 193 Å². The van der Waals surface area contributed by atoms with Gasteiger partial charge in [0.05, 0.1) is 11.8 Å². The van der Waals surface area contributed by atoms with Crippen LogP contribution in [0.1, 0.15) is 32.0 Å². The van der Waals surface area contributed by atoms with Crippen LogP contribution >= 0.6 is 0 Å². The second-order valence-corrected chi connectivity index (χ2v) is 11.2. The summed E-state index contributed by atoms with van der Waals surface area (Å²) in [5, 5.41) is 0.938. The van der Waals surface area contributed by atoms with E-state index < -0.39 is 10.0 Å². The molecule has 33 heavy (non-hydrogen) atoms. The molecule has 170 valence electrons. The molecular weight excluding hydrogens is 434 g/mol. The fourth-order valence-electron chi connectivity index (χ4n) is 3.88. The van der Waals surface area contributed by atoms with Crippen LogP contribution in [-0.2, 0) is 15.4 Å².